The van der Waals surface area contributed by atoms with Gasteiger partial charge in [-0.1, -0.05) is 11.8 Å². The van der Waals surface area contributed by atoms with Crippen LogP contribution in [0.1, 0.15) is 11.1 Å². The molecule has 1 N–H and O–H groups in total. The summed E-state index contributed by atoms with van der Waals surface area (Å²) >= 11 is 1.50. The molecule has 0 fully saturated rings. The lowest BCUT2D eigenvalue weighted by atomic mass is 10.2. The third kappa shape index (κ3) is 2.17. The minimum atomic E-state index is 0.675. The van der Waals surface area contributed by atoms with Crippen LogP contribution in [0.15, 0.2) is 34.6 Å². The Kier molecular flexibility index (Phi) is 2.70. The average Bonchev–Trinajstić information content (AvgIpc) is 2.74. The number of nitrogens with zero attached hydrogens (tertiary/aromatic N) is 3. The van der Waals surface area contributed by atoms with Crippen LogP contribution in [0.25, 0.3) is 0 Å². The van der Waals surface area contributed by atoms with E-state index in [0.717, 1.165) is 15.6 Å². The highest BCUT2D eigenvalue weighted by molar-refractivity contribution is 7.99. The number of aromatic amines is 1. The predicted molar refractivity (Wildman–Crippen MR) is 56.4 cm³/mol. The standard InChI is InChI=1S/C10H8N4S/c1-7-4-8(5-11)2-3-9(7)15-10-12-6-13-14-10/h2-4,6H,1H3,(H,12,13,14). The van der Waals surface area contributed by atoms with Crippen molar-refractivity contribution in [3.8, 4) is 6.07 Å². The summed E-state index contributed by atoms with van der Waals surface area (Å²) in [4.78, 5) is 5.10. The summed E-state index contributed by atoms with van der Waals surface area (Å²) in [5.74, 6) is 0. The molecule has 1 aromatic heterocycles. The first-order chi connectivity index (χ1) is 7.29. The van der Waals surface area contributed by atoms with E-state index in [9.17, 15) is 0 Å². The molecule has 0 bridgehead atoms. The maximum Gasteiger partial charge on any atom is 0.188 e. The van der Waals surface area contributed by atoms with E-state index in [4.69, 9.17) is 5.26 Å². The summed E-state index contributed by atoms with van der Waals surface area (Å²) in [6.45, 7) is 1.97. The molecule has 5 heteroatoms. The Bertz CT molecular complexity index is 499. The first-order valence-corrected chi connectivity index (χ1v) is 5.15. The molecule has 0 aliphatic rings. The van der Waals surface area contributed by atoms with Crippen molar-refractivity contribution in [3.05, 3.63) is 35.7 Å². The number of nitrogens with one attached hydrogen (secondary N) is 1. The lowest BCUT2D eigenvalue weighted by molar-refractivity contribution is 0.972. The van der Waals surface area contributed by atoms with Crippen molar-refractivity contribution < 1.29 is 0 Å². The molecule has 0 saturated heterocycles. The van der Waals surface area contributed by atoms with Crippen LogP contribution in [0, 0.1) is 18.3 Å². The normalized spacial score (nSPS) is 9.87. The van der Waals surface area contributed by atoms with Crippen LogP contribution >= 0.6 is 11.8 Å². The zero-order chi connectivity index (χ0) is 10.7. The minimum absolute atomic E-state index is 0.675. The van der Waals surface area contributed by atoms with E-state index in [-0.39, 0.29) is 0 Å². The Morgan fingerprint density at radius 1 is 1.47 bits per heavy atom. The Morgan fingerprint density at radius 3 is 2.93 bits per heavy atom. The van der Waals surface area contributed by atoms with Crippen LogP contribution in [-0.2, 0) is 0 Å². The van der Waals surface area contributed by atoms with Crippen molar-refractivity contribution in [2.75, 3.05) is 0 Å². The summed E-state index contributed by atoms with van der Waals surface area (Å²) in [7, 11) is 0. The number of aryl methyl sites for hydroxylation is 1. The highest BCUT2D eigenvalue weighted by atomic mass is 32.2. The zero-order valence-electron chi connectivity index (χ0n) is 8.06. The van der Waals surface area contributed by atoms with Gasteiger partial charge in [-0.2, -0.15) is 10.4 Å². The van der Waals surface area contributed by atoms with Gasteiger partial charge >= 0.3 is 0 Å². The number of hydrogen-bond acceptors (Lipinski definition) is 4. The smallest absolute Gasteiger partial charge is 0.188 e. The van der Waals surface area contributed by atoms with E-state index in [2.05, 4.69) is 21.3 Å². The van der Waals surface area contributed by atoms with Crippen LogP contribution in [0.3, 0.4) is 0 Å². The van der Waals surface area contributed by atoms with E-state index in [1.807, 2.05) is 19.1 Å². The topological polar surface area (TPSA) is 65.4 Å². The Labute approximate surface area is 91.4 Å². The number of aromatic nitrogens is 3. The lowest BCUT2D eigenvalue weighted by Gasteiger charge is -2.02. The van der Waals surface area contributed by atoms with Gasteiger partial charge in [0.1, 0.15) is 6.33 Å². The minimum Gasteiger partial charge on any atom is -0.254 e. The lowest BCUT2D eigenvalue weighted by Crippen LogP contribution is -1.83. The van der Waals surface area contributed by atoms with E-state index >= 15 is 0 Å². The molecule has 15 heavy (non-hydrogen) atoms. The molecule has 2 rings (SSSR count). The molecule has 1 aromatic carbocycles. The van der Waals surface area contributed by atoms with Gasteiger partial charge in [-0.15, -0.1) is 0 Å². The fourth-order valence-corrected chi connectivity index (χ4v) is 1.94. The van der Waals surface area contributed by atoms with Gasteiger partial charge in [0.05, 0.1) is 11.6 Å². The molecule has 0 aliphatic carbocycles. The summed E-state index contributed by atoms with van der Waals surface area (Å²) in [5.41, 5.74) is 1.74. The van der Waals surface area contributed by atoms with Gasteiger partial charge in [0.15, 0.2) is 5.16 Å². The molecule has 0 amide bonds. The molecular formula is C10H8N4S. The molecular weight excluding hydrogens is 208 g/mol. The number of H-pyrrole nitrogens is 1. The molecule has 74 valence electrons. The Balaban J connectivity index is 2.27. The number of nitriles is 1. The summed E-state index contributed by atoms with van der Waals surface area (Å²) in [6.07, 6.45) is 1.47. The second-order valence-corrected chi connectivity index (χ2v) is 4.02. The maximum atomic E-state index is 8.72. The highest BCUT2D eigenvalue weighted by Gasteiger charge is 2.03. The molecule has 1 heterocycles. The van der Waals surface area contributed by atoms with Crippen molar-refractivity contribution >= 4 is 11.8 Å². The SMILES string of the molecule is Cc1cc(C#N)ccc1Sc1ncn[nH]1. The first-order valence-electron chi connectivity index (χ1n) is 4.33. The largest absolute Gasteiger partial charge is 0.254 e. The molecule has 0 atom stereocenters. The van der Waals surface area contributed by atoms with E-state index in [1.54, 1.807) is 6.07 Å². The van der Waals surface area contributed by atoms with Crippen LogP contribution in [-0.4, -0.2) is 15.2 Å². The summed E-state index contributed by atoms with van der Waals surface area (Å²) < 4.78 is 0. The zero-order valence-corrected chi connectivity index (χ0v) is 8.88. The highest BCUT2D eigenvalue weighted by Crippen LogP contribution is 2.27. The average molecular weight is 216 g/mol. The third-order valence-corrected chi connectivity index (χ3v) is 2.97. The maximum absolute atomic E-state index is 8.72. The summed E-state index contributed by atoms with van der Waals surface area (Å²) in [5, 5.41) is 16.0. The molecule has 0 unspecified atom stereocenters. The molecule has 0 aliphatic heterocycles. The van der Waals surface area contributed by atoms with Crippen molar-refractivity contribution in [2.45, 2.75) is 17.0 Å². The Morgan fingerprint density at radius 2 is 2.33 bits per heavy atom. The molecule has 0 radical (unpaired) electrons. The predicted octanol–water partition coefficient (Wildman–Crippen LogP) is 2.14. The van der Waals surface area contributed by atoms with E-state index in [0.29, 0.717) is 5.56 Å². The van der Waals surface area contributed by atoms with Gasteiger partial charge < -0.3 is 0 Å². The van der Waals surface area contributed by atoms with Gasteiger partial charge in [-0.25, -0.2) is 4.98 Å². The number of rotatable bonds is 2. The van der Waals surface area contributed by atoms with Gasteiger partial charge in [0.25, 0.3) is 0 Å². The molecule has 4 nitrogen and oxygen atoms in total. The van der Waals surface area contributed by atoms with E-state index < -0.39 is 0 Å². The van der Waals surface area contributed by atoms with Crippen LogP contribution in [0.2, 0.25) is 0 Å². The van der Waals surface area contributed by atoms with Crippen LogP contribution < -0.4 is 0 Å². The number of hydrogen-bond donors (Lipinski definition) is 1. The van der Waals surface area contributed by atoms with Crippen molar-refractivity contribution in [1.82, 2.24) is 15.2 Å². The van der Waals surface area contributed by atoms with Crippen LogP contribution in [0.4, 0.5) is 0 Å². The van der Waals surface area contributed by atoms with Crippen molar-refractivity contribution in [1.29, 1.82) is 5.26 Å². The fraction of sp³-hybridized carbons (Fsp3) is 0.100. The second-order valence-electron chi connectivity index (χ2n) is 2.98. The Hall–Kier alpha value is -1.80. The van der Waals surface area contributed by atoms with E-state index in [1.165, 1.54) is 18.1 Å². The fourth-order valence-electron chi connectivity index (χ4n) is 1.18. The summed E-state index contributed by atoms with van der Waals surface area (Å²) in [6, 6.07) is 7.68. The van der Waals surface area contributed by atoms with Gasteiger partial charge in [-0.3, -0.25) is 5.10 Å². The van der Waals surface area contributed by atoms with Crippen molar-refractivity contribution in [2.24, 2.45) is 0 Å². The third-order valence-electron chi connectivity index (χ3n) is 1.90. The van der Waals surface area contributed by atoms with Gasteiger partial charge in [0, 0.05) is 4.90 Å². The second kappa shape index (κ2) is 4.15. The van der Waals surface area contributed by atoms with Gasteiger partial charge in [-0.05, 0) is 30.7 Å². The molecule has 2 aromatic rings. The van der Waals surface area contributed by atoms with Gasteiger partial charge in [0.2, 0.25) is 0 Å². The molecule has 0 saturated carbocycles. The van der Waals surface area contributed by atoms with Crippen LogP contribution in [0.5, 0.6) is 0 Å². The monoisotopic (exact) mass is 216 g/mol. The first kappa shape index (κ1) is 9.74. The molecule has 0 spiro atoms. The number of benzene rings is 1. The quantitative estimate of drug-likeness (QED) is 0.835. The van der Waals surface area contributed by atoms with Crippen molar-refractivity contribution in [3.63, 3.8) is 0 Å².